The van der Waals surface area contributed by atoms with E-state index in [-0.39, 0.29) is 5.91 Å². The molecule has 1 amide bonds. The highest BCUT2D eigenvalue weighted by atomic mass is 35.5. The molecule has 0 unspecified atom stereocenters. The van der Waals surface area contributed by atoms with E-state index >= 15 is 0 Å². The zero-order valence-electron chi connectivity index (χ0n) is 17.1. The fraction of sp³-hybridized carbons (Fsp3) is 0.269. The van der Waals surface area contributed by atoms with Crippen LogP contribution in [0.2, 0.25) is 5.02 Å². The molecule has 4 heteroatoms. The average molecular weight is 419 g/mol. The molecule has 1 saturated heterocycles. The van der Waals surface area contributed by atoms with Crippen LogP contribution in [0.4, 0.5) is 5.69 Å². The minimum absolute atomic E-state index is 0.106. The SMILES string of the molecule is O=C(Nc1ccc(Cl)cc1)c1ccc(CN2CCC(Cc3ccccc3)CC2)cc1. The molecule has 154 valence electrons. The van der Waals surface area contributed by atoms with Crippen molar-refractivity contribution in [1.29, 1.82) is 0 Å². The summed E-state index contributed by atoms with van der Waals surface area (Å²) in [6, 6.07) is 25.9. The molecule has 1 heterocycles. The van der Waals surface area contributed by atoms with E-state index in [1.807, 2.05) is 12.1 Å². The number of carbonyl (C=O) groups excluding carboxylic acids is 1. The quantitative estimate of drug-likeness (QED) is 0.528. The van der Waals surface area contributed by atoms with Gasteiger partial charge in [-0.15, -0.1) is 0 Å². The molecule has 1 N–H and O–H groups in total. The number of nitrogens with one attached hydrogen (secondary N) is 1. The van der Waals surface area contributed by atoms with Gasteiger partial charge in [0.2, 0.25) is 0 Å². The van der Waals surface area contributed by atoms with Crippen molar-refractivity contribution in [3.63, 3.8) is 0 Å². The fourth-order valence-electron chi connectivity index (χ4n) is 4.05. The Morgan fingerprint density at radius 2 is 1.53 bits per heavy atom. The van der Waals surface area contributed by atoms with Crippen LogP contribution in [0, 0.1) is 5.92 Å². The Kier molecular flexibility index (Phi) is 6.83. The van der Waals surface area contributed by atoms with Crippen LogP contribution in [0.1, 0.15) is 34.3 Å². The molecule has 3 aromatic carbocycles. The summed E-state index contributed by atoms with van der Waals surface area (Å²) in [7, 11) is 0. The Hall–Kier alpha value is -2.62. The van der Waals surface area contributed by atoms with Crippen LogP contribution >= 0.6 is 11.6 Å². The summed E-state index contributed by atoms with van der Waals surface area (Å²) in [5.74, 6) is 0.674. The Balaban J connectivity index is 1.25. The zero-order valence-corrected chi connectivity index (χ0v) is 17.8. The maximum absolute atomic E-state index is 12.4. The highest BCUT2D eigenvalue weighted by Crippen LogP contribution is 2.23. The lowest BCUT2D eigenvalue weighted by atomic mass is 9.90. The van der Waals surface area contributed by atoms with Gasteiger partial charge in [0, 0.05) is 22.8 Å². The topological polar surface area (TPSA) is 32.3 Å². The molecule has 0 aromatic heterocycles. The van der Waals surface area contributed by atoms with Crippen molar-refractivity contribution in [3.05, 3.63) is 101 Å². The molecule has 1 aliphatic heterocycles. The largest absolute Gasteiger partial charge is 0.322 e. The van der Waals surface area contributed by atoms with Crippen LogP contribution in [0.25, 0.3) is 0 Å². The van der Waals surface area contributed by atoms with E-state index in [4.69, 9.17) is 11.6 Å². The number of rotatable bonds is 6. The van der Waals surface area contributed by atoms with Crippen LogP contribution in [0.5, 0.6) is 0 Å². The van der Waals surface area contributed by atoms with E-state index in [2.05, 4.69) is 52.7 Å². The third-order valence-electron chi connectivity index (χ3n) is 5.80. The van der Waals surface area contributed by atoms with Gasteiger partial charge >= 0.3 is 0 Å². The van der Waals surface area contributed by atoms with Gasteiger partial charge < -0.3 is 5.32 Å². The van der Waals surface area contributed by atoms with Gasteiger partial charge in [0.25, 0.3) is 5.91 Å². The number of hydrogen-bond donors (Lipinski definition) is 1. The molecular formula is C26H27ClN2O. The number of likely N-dealkylation sites (tertiary alicyclic amines) is 1. The maximum atomic E-state index is 12.4. The lowest BCUT2D eigenvalue weighted by molar-refractivity contribution is 0.102. The summed E-state index contributed by atoms with van der Waals surface area (Å²) in [5.41, 5.74) is 4.10. The van der Waals surface area contributed by atoms with Crippen molar-refractivity contribution in [3.8, 4) is 0 Å². The summed E-state index contributed by atoms with van der Waals surface area (Å²) in [6.45, 7) is 3.21. The van der Waals surface area contributed by atoms with Gasteiger partial charge in [-0.2, -0.15) is 0 Å². The standard InChI is InChI=1S/C26H27ClN2O/c27-24-10-12-25(13-11-24)28-26(30)23-8-6-22(7-9-23)19-29-16-14-21(15-17-29)18-20-4-2-1-3-5-20/h1-13,21H,14-19H2,(H,28,30). The van der Waals surface area contributed by atoms with Gasteiger partial charge in [-0.3, -0.25) is 9.69 Å². The smallest absolute Gasteiger partial charge is 0.255 e. The summed E-state index contributed by atoms with van der Waals surface area (Å²) in [5, 5.41) is 3.56. The van der Waals surface area contributed by atoms with Crippen LogP contribution < -0.4 is 5.32 Å². The molecule has 1 fully saturated rings. The first-order valence-corrected chi connectivity index (χ1v) is 11.0. The minimum atomic E-state index is -0.106. The second-order valence-electron chi connectivity index (χ2n) is 8.07. The predicted molar refractivity (Wildman–Crippen MR) is 124 cm³/mol. The molecule has 30 heavy (non-hydrogen) atoms. The maximum Gasteiger partial charge on any atom is 0.255 e. The van der Waals surface area contributed by atoms with Crippen LogP contribution in [-0.2, 0) is 13.0 Å². The molecule has 0 atom stereocenters. The third kappa shape index (κ3) is 5.71. The predicted octanol–water partition coefficient (Wildman–Crippen LogP) is 6.05. The van der Waals surface area contributed by atoms with E-state index in [9.17, 15) is 4.79 Å². The Morgan fingerprint density at radius 3 is 2.20 bits per heavy atom. The minimum Gasteiger partial charge on any atom is -0.322 e. The number of benzene rings is 3. The lowest BCUT2D eigenvalue weighted by Gasteiger charge is -2.32. The van der Waals surface area contributed by atoms with Crippen molar-refractivity contribution < 1.29 is 4.79 Å². The second kappa shape index (κ2) is 9.92. The molecule has 3 nitrogen and oxygen atoms in total. The van der Waals surface area contributed by atoms with E-state index in [0.717, 1.165) is 31.2 Å². The Labute approximate surface area is 183 Å². The summed E-state index contributed by atoms with van der Waals surface area (Å²) in [4.78, 5) is 15.0. The molecule has 0 spiro atoms. The Morgan fingerprint density at radius 1 is 0.867 bits per heavy atom. The first-order valence-electron chi connectivity index (χ1n) is 10.6. The number of amides is 1. The highest BCUT2D eigenvalue weighted by Gasteiger charge is 2.19. The van der Waals surface area contributed by atoms with Gasteiger partial charge in [-0.25, -0.2) is 0 Å². The van der Waals surface area contributed by atoms with E-state index in [0.29, 0.717) is 10.6 Å². The first-order chi connectivity index (χ1) is 14.7. The zero-order chi connectivity index (χ0) is 20.8. The molecule has 3 aromatic rings. The van der Waals surface area contributed by atoms with E-state index in [1.165, 1.54) is 30.4 Å². The van der Waals surface area contributed by atoms with Gasteiger partial charge in [0.1, 0.15) is 0 Å². The van der Waals surface area contributed by atoms with Crippen molar-refractivity contribution in [1.82, 2.24) is 4.90 Å². The molecule has 0 bridgehead atoms. The normalized spacial score (nSPS) is 15.1. The highest BCUT2D eigenvalue weighted by molar-refractivity contribution is 6.30. The average Bonchev–Trinajstić information content (AvgIpc) is 2.78. The van der Waals surface area contributed by atoms with Gasteiger partial charge in [0.15, 0.2) is 0 Å². The lowest BCUT2D eigenvalue weighted by Crippen LogP contribution is -2.33. The number of hydrogen-bond acceptors (Lipinski definition) is 2. The summed E-state index contributed by atoms with van der Waals surface area (Å²) in [6.07, 6.45) is 3.68. The van der Waals surface area contributed by atoms with Crippen molar-refractivity contribution in [2.45, 2.75) is 25.8 Å². The van der Waals surface area contributed by atoms with Crippen LogP contribution in [0.15, 0.2) is 78.9 Å². The molecular weight excluding hydrogens is 392 g/mol. The van der Waals surface area contributed by atoms with Crippen LogP contribution in [-0.4, -0.2) is 23.9 Å². The van der Waals surface area contributed by atoms with Gasteiger partial charge in [-0.05, 0) is 85.8 Å². The monoisotopic (exact) mass is 418 g/mol. The van der Waals surface area contributed by atoms with E-state index in [1.54, 1.807) is 24.3 Å². The fourth-order valence-corrected chi connectivity index (χ4v) is 4.18. The van der Waals surface area contributed by atoms with Crippen LogP contribution in [0.3, 0.4) is 0 Å². The van der Waals surface area contributed by atoms with Crippen molar-refractivity contribution >= 4 is 23.2 Å². The number of carbonyl (C=O) groups is 1. The molecule has 0 radical (unpaired) electrons. The van der Waals surface area contributed by atoms with Crippen molar-refractivity contribution in [2.75, 3.05) is 18.4 Å². The number of anilines is 1. The molecule has 4 rings (SSSR count). The number of nitrogens with zero attached hydrogens (tertiary/aromatic N) is 1. The number of piperidine rings is 1. The Bertz CT molecular complexity index is 947. The summed E-state index contributed by atoms with van der Waals surface area (Å²) < 4.78 is 0. The van der Waals surface area contributed by atoms with Crippen molar-refractivity contribution in [2.24, 2.45) is 5.92 Å². The van der Waals surface area contributed by atoms with E-state index < -0.39 is 0 Å². The first kappa shape index (κ1) is 20.6. The van der Waals surface area contributed by atoms with Gasteiger partial charge in [0.05, 0.1) is 0 Å². The van der Waals surface area contributed by atoms with Gasteiger partial charge in [-0.1, -0.05) is 54.1 Å². The number of halogens is 1. The molecule has 0 aliphatic carbocycles. The molecule has 0 saturated carbocycles. The second-order valence-corrected chi connectivity index (χ2v) is 8.50. The third-order valence-corrected chi connectivity index (χ3v) is 6.05. The molecule has 1 aliphatic rings. The summed E-state index contributed by atoms with van der Waals surface area (Å²) >= 11 is 5.89.